The molecule has 0 aromatic heterocycles. The number of halogens is 2. The quantitative estimate of drug-likeness (QED) is 0.583. The van der Waals surface area contributed by atoms with Gasteiger partial charge in [0.15, 0.2) is 0 Å². The minimum Gasteiger partial charge on any atom is -0.380 e. The van der Waals surface area contributed by atoms with Gasteiger partial charge in [-0.3, -0.25) is 4.79 Å². The molecule has 0 bridgehead atoms. The summed E-state index contributed by atoms with van der Waals surface area (Å²) < 4.78 is 41.0. The zero-order valence-corrected chi connectivity index (χ0v) is 13.1. The summed E-state index contributed by atoms with van der Waals surface area (Å²) in [5.74, 6) is -1.58. The number of hydrogen-bond acceptors (Lipinski definition) is 4. The van der Waals surface area contributed by atoms with Crippen LogP contribution in [0.25, 0.3) is 0 Å². The first kappa shape index (κ1) is 17.9. The second kappa shape index (κ2) is 8.31. The van der Waals surface area contributed by atoms with Crippen molar-refractivity contribution in [2.45, 2.75) is 24.7 Å². The van der Waals surface area contributed by atoms with E-state index in [0.29, 0.717) is 13.2 Å². The molecule has 1 amide bonds. The number of nitrogens with one attached hydrogen (secondary N) is 1. The monoisotopic (exact) mass is 337 g/mol. The summed E-state index contributed by atoms with van der Waals surface area (Å²) in [4.78, 5) is 11.3. The molecule has 1 rings (SSSR count). The summed E-state index contributed by atoms with van der Waals surface area (Å²) in [6.45, 7) is 3.24. The fourth-order valence-corrected chi connectivity index (χ4v) is 2.27. The lowest BCUT2D eigenvalue weighted by Gasteiger charge is -2.07. The first-order valence-corrected chi connectivity index (χ1v) is 8.77. The van der Waals surface area contributed by atoms with E-state index in [0.717, 1.165) is 31.0 Å². The van der Waals surface area contributed by atoms with Gasteiger partial charge in [-0.05, 0) is 24.6 Å². The average Bonchev–Trinajstić information content (AvgIpc) is 2.41. The van der Waals surface area contributed by atoms with Gasteiger partial charge in [0.2, 0.25) is 0 Å². The lowest BCUT2D eigenvalue weighted by molar-refractivity contribution is 0.0909. The minimum atomic E-state index is -4.02. The highest BCUT2D eigenvalue weighted by Gasteiger charge is 2.16. The van der Waals surface area contributed by atoms with Gasteiger partial charge in [-0.15, -0.1) is 0 Å². The van der Waals surface area contributed by atoms with Gasteiger partial charge in [0.25, 0.3) is 15.0 Å². The third-order valence-electron chi connectivity index (χ3n) is 2.64. The summed E-state index contributed by atoms with van der Waals surface area (Å²) in [7, 11) is 1.08. The summed E-state index contributed by atoms with van der Waals surface area (Å²) >= 11 is 0. The largest absolute Gasteiger partial charge is 0.380 e. The van der Waals surface area contributed by atoms with Crippen molar-refractivity contribution in [3.05, 3.63) is 29.6 Å². The molecular formula is C13H17ClFNO4S. The lowest BCUT2D eigenvalue weighted by Crippen LogP contribution is -2.28. The Morgan fingerprint density at radius 3 is 2.67 bits per heavy atom. The zero-order valence-electron chi connectivity index (χ0n) is 11.6. The van der Waals surface area contributed by atoms with E-state index in [-0.39, 0.29) is 17.0 Å². The van der Waals surface area contributed by atoms with E-state index in [1.807, 2.05) is 6.92 Å². The van der Waals surface area contributed by atoms with E-state index < -0.39 is 20.8 Å². The van der Waals surface area contributed by atoms with Crippen molar-refractivity contribution >= 4 is 25.6 Å². The van der Waals surface area contributed by atoms with Gasteiger partial charge in [-0.2, -0.15) is 0 Å². The summed E-state index contributed by atoms with van der Waals surface area (Å²) in [6.07, 6.45) is 1.96. The van der Waals surface area contributed by atoms with Crippen molar-refractivity contribution < 1.29 is 22.3 Å². The van der Waals surface area contributed by atoms with Crippen LogP contribution in [0, 0.1) is 5.82 Å². The van der Waals surface area contributed by atoms with E-state index in [4.69, 9.17) is 15.4 Å². The smallest absolute Gasteiger partial charge is 0.261 e. The second-order valence-corrected chi connectivity index (χ2v) is 6.87. The molecule has 118 valence electrons. The van der Waals surface area contributed by atoms with Gasteiger partial charge in [0.1, 0.15) is 5.82 Å². The molecule has 1 aromatic carbocycles. The molecule has 0 spiro atoms. The van der Waals surface area contributed by atoms with Crippen LogP contribution >= 0.6 is 10.7 Å². The molecular weight excluding hydrogens is 321 g/mol. The number of amides is 1. The van der Waals surface area contributed by atoms with E-state index >= 15 is 0 Å². The standard InChI is InChI=1S/C13H17ClFNO4S/c1-2-3-7-20-8-6-16-13(17)11-5-4-10(9-12(11)15)21(14,18)19/h4-5,9H,2-3,6-8H2,1H3,(H,16,17). The van der Waals surface area contributed by atoms with E-state index in [1.54, 1.807) is 0 Å². The molecule has 1 aromatic rings. The molecule has 0 atom stereocenters. The van der Waals surface area contributed by atoms with Crippen molar-refractivity contribution in [1.29, 1.82) is 0 Å². The van der Waals surface area contributed by atoms with Crippen molar-refractivity contribution in [2.75, 3.05) is 19.8 Å². The van der Waals surface area contributed by atoms with Crippen molar-refractivity contribution in [2.24, 2.45) is 0 Å². The Balaban J connectivity index is 2.55. The number of unbranched alkanes of at least 4 members (excludes halogenated alkanes) is 1. The Hall–Kier alpha value is -1.18. The highest BCUT2D eigenvalue weighted by molar-refractivity contribution is 8.13. The Kier molecular flexibility index (Phi) is 7.07. The van der Waals surface area contributed by atoms with Crippen molar-refractivity contribution in [3.63, 3.8) is 0 Å². The van der Waals surface area contributed by atoms with Crippen LogP contribution in [0.3, 0.4) is 0 Å². The fraction of sp³-hybridized carbons (Fsp3) is 0.462. The first-order valence-electron chi connectivity index (χ1n) is 6.46. The first-order chi connectivity index (χ1) is 9.86. The van der Waals surface area contributed by atoms with Gasteiger partial charge in [0.05, 0.1) is 17.1 Å². The molecule has 0 saturated heterocycles. The summed E-state index contributed by atoms with van der Waals surface area (Å²) in [5, 5.41) is 2.49. The van der Waals surface area contributed by atoms with Crippen LogP contribution in [0.2, 0.25) is 0 Å². The number of rotatable bonds is 8. The van der Waals surface area contributed by atoms with Crippen LogP contribution < -0.4 is 5.32 Å². The van der Waals surface area contributed by atoms with E-state index in [2.05, 4.69) is 5.32 Å². The molecule has 0 radical (unpaired) electrons. The third-order valence-corrected chi connectivity index (χ3v) is 3.99. The fourth-order valence-electron chi connectivity index (χ4n) is 1.51. The third kappa shape index (κ3) is 5.99. The molecule has 0 aliphatic rings. The number of carbonyl (C=O) groups is 1. The van der Waals surface area contributed by atoms with Gasteiger partial charge in [0, 0.05) is 23.8 Å². The van der Waals surface area contributed by atoms with Crippen molar-refractivity contribution in [1.82, 2.24) is 5.32 Å². The molecule has 5 nitrogen and oxygen atoms in total. The molecule has 0 saturated carbocycles. The molecule has 21 heavy (non-hydrogen) atoms. The number of hydrogen-bond donors (Lipinski definition) is 1. The second-order valence-electron chi connectivity index (χ2n) is 4.30. The van der Waals surface area contributed by atoms with Gasteiger partial charge < -0.3 is 10.1 Å². The molecule has 1 N–H and O–H groups in total. The predicted molar refractivity (Wildman–Crippen MR) is 77.5 cm³/mol. The zero-order chi connectivity index (χ0) is 15.9. The molecule has 0 unspecified atom stereocenters. The maximum Gasteiger partial charge on any atom is 0.261 e. The van der Waals surface area contributed by atoms with Gasteiger partial charge >= 0.3 is 0 Å². The van der Waals surface area contributed by atoms with Gasteiger partial charge in [-0.25, -0.2) is 12.8 Å². The molecule has 8 heteroatoms. The van der Waals surface area contributed by atoms with E-state index in [1.165, 1.54) is 0 Å². The highest BCUT2D eigenvalue weighted by atomic mass is 35.7. The van der Waals surface area contributed by atoms with Crippen LogP contribution in [0.15, 0.2) is 23.1 Å². The molecule has 0 aliphatic carbocycles. The molecule has 0 fully saturated rings. The Morgan fingerprint density at radius 1 is 1.38 bits per heavy atom. The number of carbonyl (C=O) groups excluding carboxylic acids is 1. The topological polar surface area (TPSA) is 72.5 Å². The van der Waals surface area contributed by atoms with Crippen LogP contribution in [0.5, 0.6) is 0 Å². The molecule has 0 heterocycles. The van der Waals surface area contributed by atoms with Crippen LogP contribution in [-0.2, 0) is 13.8 Å². The average molecular weight is 338 g/mol. The number of benzene rings is 1. The summed E-state index contributed by atoms with van der Waals surface area (Å²) in [5.41, 5.74) is -0.243. The minimum absolute atomic E-state index is 0.243. The summed E-state index contributed by atoms with van der Waals surface area (Å²) in [6, 6.07) is 2.88. The maximum atomic E-state index is 13.7. The number of ether oxygens (including phenoxy) is 1. The molecule has 0 aliphatic heterocycles. The highest BCUT2D eigenvalue weighted by Crippen LogP contribution is 2.18. The van der Waals surface area contributed by atoms with E-state index in [9.17, 15) is 17.6 Å². The van der Waals surface area contributed by atoms with Crippen molar-refractivity contribution in [3.8, 4) is 0 Å². The van der Waals surface area contributed by atoms with Crippen LogP contribution in [-0.4, -0.2) is 34.1 Å². The van der Waals surface area contributed by atoms with Crippen LogP contribution in [0.4, 0.5) is 4.39 Å². The Morgan fingerprint density at radius 2 is 2.10 bits per heavy atom. The Bertz CT molecular complexity index is 592. The normalized spacial score (nSPS) is 11.4. The van der Waals surface area contributed by atoms with Crippen LogP contribution in [0.1, 0.15) is 30.1 Å². The lowest BCUT2D eigenvalue weighted by atomic mass is 10.2. The SMILES string of the molecule is CCCCOCCNC(=O)c1ccc(S(=O)(=O)Cl)cc1F. The maximum absolute atomic E-state index is 13.7. The predicted octanol–water partition coefficient (Wildman–Crippen LogP) is 2.30. The van der Waals surface area contributed by atoms with Gasteiger partial charge in [-0.1, -0.05) is 13.3 Å². The Labute approximate surface area is 127 Å².